The number of aryl methyl sites for hydroxylation is 1. The van der Waals surface area contributed by atoms with Crippen LogP contribution in [-0.2, 0) is 13.0 Å². The molecule has 0 aliphatic rings. The molecule has 0 aliphatic carbocycles. The second-order valence-electron chi connectivity index (χ2n) is 8.60. The Balaban J connectivity index is 1.37. The van der Waals surface area contributed by atoms with Gasteiger partial charge >= 0.3 is 0 Å². The Kier molecular flexibility index (Phi) is 7.57. The van der Waals surface area contributed by atoms with Gasteiger partial charge in [0.15, 0.2) is 0 Å². The number of nitrogens with zero attached hydrogens (tertiary/aromatic N) is 2. The van der Waals surface area contributed by atoms with Crippen molar-refractivity contribution < 1.29 is 14.3 Å². The van der Waals surface area contributed by atoms with E-state index in [0.29, 0.717) is 45.1 Å². The van der Waals surface area contributed by atoms with Crippen LogP contribution in [0.4, 0.5) is 0 Å². The van der Waals surface area contributed by atoms with E-state index in [2.05, 4.69) is 38.5 Å². The quantitative estimate of drug-likeness (QED) is 0.237. The van der Waals surface area contributed by atoms with Gasteiger partial charge in [-0.15, -0.1) is 11.3 Å². The zero-order valence-electron chi connectivity index (χ0n) is 20.7. The predicted molar refractivity (Wildman–Crippen MR) is 153 cm³/mol. The molecule has 0 saturated heterocycles. The van der Waals surface area contributed by atoms with Crippen LogP contribution in [-0.4, -0.2) is 22.7 Å². The number of aromatic nitrogens is 2. The average molecular weight is 590 g/mol. The Morgan fingerprint density at radius 2 is 1.82 bits per heavy atom. The Hall–Kier alpha value is -3.95. The summed E-state index contributed by atoms with van der Waals surface area (Å²) in [5.41, 5.74) is 4.61. The maximum atomic E-state index is 13.3. The maximum Gasteiger partial charge on any atom is 0.281 e. The summed E-state index contributed by atoms with van der Waals surface area (Å²) in [7, 11) is 1.56. The molecule has 3 aromatic carbocycles. The second kappa shape index (κ2) is 11.2. The van der Waals surface area contributed by atoms with Crippen molar-refractivity contribution in [3.8, 4) is 11.5 Å². The molecule has 0 unspecified atom stereocenters. The van der Waals surface area contributed by atoms with E-state index in [1.54, 1.807) is 32.2 Å². The number of ether oxygens (including phenoxy) is 2. The van der Waals surface area contributed by atoms with Gasteiger partial charge in [-0.1, -0.05) is 46.3 Å². The minimum absolute atomic E-state index is 0.206. The Labute approximate surface area is 231 Å². The smallest absolute Gasteiger partial charge is 0.281 e. The number of hydrogen-bond acceptors (Lipinski definition) is 6. The molecule has 1 N–H and O–H groups in total. The van der Waals surface area contributed by atoms with Gasteiger partial charge in [0.25, 0.3) is 11.5 Å². The number of benzene rings is 3. The number of thiophene rings is 1. The normalized spacial score (nSPS) is 10.9. The third kappa shape index (κ3) is 5.64. The molecule has 0 aliphatic heterocycles. The second-order valence-corrected chi connectivity index (χ2v) is 10.6. The monoisotopic (exact) mass is 589 g/mol. The number of methoxy groups -OCH3 is 1. The summed E-state index contributed by atoms with van der Waals surface area (Å²) in [6.07, 6.45) is 0.712. The molecule has 9 heteroatoms. The lowest BCUT2D eigenvalue weighted by atomic mass is 10.1. The summed E-state index contributed by atoms with van der Waals surface area (Å²) in [4.78, 5) is 32.8. The highest BCUT2D eigenvalue weighted by Crippen LogP contribution is 2.25. The van der Waals surface area contributed by atoms with Gasteiger partial charge in [0.05, 0.1) is 12.5 Å². The van der Waals surface area contributed by atoms with Crippen molar-refractivity contribution in [2.75, 3.05) is 12.5 Å². The number of rotatable bonds is 8. The largest absolute Gasteiger partial charge is 0.496 e. The number of fused-ring (bicyclic) bond motifs is 1. The van der Waals surface area contributed by atoms with Crippen LogP contribution in [0.3, 0.4) is 0 Å². The van der Waals surface area contributed by atoms with Crippen LogP contribution in [0, 0.1) is 6.92 Å². The van der Waals surface area contributed by atoms with Crippen LogP contribution >= 0.6 is 27.3 Å². The van der Waals surface area contributed by atoms with Crippen LogP contribution in [0.15, 0.2) is 88.1 Å². The van der Waals surface area contributed by atoms with Crippen LogP contribution in [0.2, 0.25) is 0 Å². The molecular weight excluding hydrogens is 566 g/mol. The summed E-state index contributed by atoms with van der Waals surface area (Å²) in [6.45, 7) is 1.90. The van der Waals surface area contributed by atoms with Gasteiger partial charge in [0.1, 0.15) is 28.8 Å². The van der Waals surface area contributed by atoms with Crippen LogP contribution in [0.25, 0.3) is 10.2 Å². The van der Waals surface area contributed by atoms with E-state index in [1.807, 2.05) is 48.5 Å². The molecule has 0 radical (unpaired) electrons. The Morgan fingerprint density at radius 3 is 2.55 bits per heavy atom. The fourth-order valence-corrected chi connectivity index (χ4v) is 5.40. The van der Waals surface area contributed by atoms with Gasteiger partial charge in [-0.05, 0) is 61.0 Å². The van der Waals surface area contributed by atoms with Crippen LogP contribution < -0.4 is 20.5 Å². The first-order valence-corrected chi connectivity index (χ1v) is 13.4. The predicted octanol–water partition coefficient (Wildman–Crippen LogP) is 6.09. The van der Waals surface area contributed by atoms with Gasteiger partial charge in [-0.3, -0.25) is 15.0 Å². The van der Waals surface area contributed by atoms with Gasteiger partial charge in [-0.2, -0.15) is 0 Å². The average Bonchev–Trinajstić information content (AvgIpc) is 3.33. The third-order valence-corrected chi connectivity index (χ3v) is 7.53. The number of halogens is 1. The van der Waals surface area contributed by atoms with E-state index in [4.69, 9.17) is 9.47 Å². The summed E-state index contributed by atoms with van der Waals surface area (Å²) < 4.78 is 13.5. The molecule has 0 spiro atoms. The zero-order valence-corrected chi connectivity index (χ0v) is 23.1. The molecule has 5 rings (SSSR count). The first kappa shape index (κ1) is 25.7. The van der Waals surface area contributed by atoms with E-state index in [-0.39, 0.29) is 12.2 Å². The molecule has 2 aromatic heterocycles. The summed E-state index contributed by atoms with van der Waals surface area (Å²) in [5, 5.41) is 0.477. The minimum atomic E-state index is -0.441. The number of hydrogen-bond donors (Lipinski definition) is 1. The summed E-state index contributed by atoms with van der Waals surface area (Å²) >= 11 is 4.89. The van der Waals surface area contributed by atoms with Gasteiger partial charge in [0, 0.05) is 26.9 Å². The van der Waals surface area contributed by atoms with E-state index in [0.717, 1.165) is 14.9 Å². The Bertz CT molecular complexity index is 1660. The van der Waals surface area contributed by atoms with E-state index in [1.165, 1.54) is 16.0 Å². The van der Waals surface area contributed by atoms with Crippen molar-refractivity contribution >= 4 is 43.4 Å². The van der Waals surface area contributed by atoms with Crippen molar-refractivity contribution in [3.63, 3.8) is 0 Å². The zero-order chi connectivity index (χ0) is 26.6. The van der Waals surface area contributed by atoms with Gasteiger partial charge < -0.3 is 9.47 Å². The fourth-order valence-electron chi connectivity index (χ4n) is 4.04. The first-order valence-electron chi connectivity index (χ1n) is 11.8. The first-order chi connectivity index (χ1) is 18.4. The summed E-state index contributed by atoms with van der Waals surface area (Å²) in [6, 6.07) is 24.4. The molecule has 0 saturated carbocycles. The fraction of sp³-hybridized carbons (Fsp3) is 0.138. The molecule has 5 aromatic rings. The molecule has 7 nitrogen and oxygen atoms in total. The Morgan fingerprint density at radius 1 is 1.05 bits per heavy atom. The van der Waals surface area contributed by atoms with Crippen molar-refractivity contribution in [1.29, 1.82) is 0 Å². The molecular formula is C29H24BrN3O4S. The van der Waals surface area contributed by atoms with Crippen LogP contribution in [0.1, 0.15) is 32.2 Å². The molecule has 1 amide bonds. The van der Waals surface area contributed by atoms with Crippen molar-refractivity contribution in [2.45, 2.75) is 20.0 Å². The highest BCUT2D eigenvalue weighted by Gasteiger charge is 2.16. The lowest BCUT2D eigenvalue weighted by Gasteiger charge is -2.14. The number of carbonyl (C=O) groups is 1. The topological polar surface area (TPSA) is 82.5 Å². The minimum Gasteiger partial charge on any atom is -0.496 e. The number of carbonyl (C=O) groups excluding carboxylic acids is 1. The molecule has 2 heterocycles. The molecule has 0 fully saturated rings. The highest BCUT2D eigenvalue weighted by molar-refractivity contribution is 9.10. The van der Waals surface area contributed by atoms with Crippen molar-refractivity contribution in [3.05, 3.63) is 121 Å². The lowest BCUT2D eigenvalue weighted by Crippen LogP contribution is -2.35. The van der Waals surface area contributed by atoms with E-state index >= 15 is 0 Å². The van der Waals surface area contributed by atoms with Crippen LogP contribution in [0.5, 0.6) is 11.5 Å². The lowest BCUT2D eigenvalue weighted by molar-refractivity contribution is 0.101. The third-order valence-electron chi connectivity index (χ3n) is 5.97. The maximum absolute atomic E-state index is 13.3. The molecule has 192 valence electrons. The highest BCUT2D eigenvalue weighted by atomic mass is 79.9. The van der Waals surface area contributed by atoms with Crippen molar-refractivity contribution in [2.24, 2.45) is 0 Å². The van der Waals surface area contributed by atoms with Crippen molar-refractivity contribution in [1.82, 2.24) is 9.66 Å². The van der Waals surface area contributed by atoms with E-state index < -0.39 is 5.91 Å². The molecule has 0 bridgehead atoms. The number of nitrogens with one attached hydrogen (secondary N) is 1. The number of amides is 1. The van der Waals surface area contributed by atoms with Gasteiger partial charge in [0.2, 0.25) is 0 Å². The molecule has 38 heavy (non-hydrogen) atoms. The summed E-state index contributed by atoms with van der Waals surface area (Å²) in [5.74, 6) is 1.24. The standard InChI is InChI=1S/C29H24BrN3O4S/c1-18-31-28-25(16-24(38-28)14-19-6-4-3-5-7-19)29(35)33(18)32-27(34)20-8-13-26(36-2)21(15-20)17-37-23-11-9-22(30)10-12-23/h3-13,15-16H,14,17H2,1-2H3,(H,32,34). The molecule has 0 atom stereocenters. The van der Waals surface area contributed by atoms with Gasteiger partial charge in [-0.25, -0.2) is 9.66 Å². The SMILES string of the molecule is COc1ccc(C(=O)Nn2c(C)nc3sc(Cc4ccccc4)cc3c2=O)cc1COc1ccc(Br)cc1. The van der Waals surface area contributed by atoms with E-state index in [9.17, 15) is 9.59 Å².